The van der Waals surface area contributed by atoms with E-state index in [1.807, 2.05) is 0 Å². The average Bonchev–Trinajstić information content (AvgIpc) is 2.03. The maximum atomic E-state index is 9.72. The minimum atomic E-state index is 0.192. The van der Waals surface area contributed by atoms with Crippen molar-refractivity contribution in [3.8, 4) is 0 Å². The highest BCUT2D eigenvalue weighted by atomic mass is 16.3. The highest BCUT2D eigenvalue weighted by molar-refractivity contribution is 5.52. The maximum absolute atomic E-state index is 9.72. The average molecular weight is 184 g/mol. The molecule has 0 radical (unpaired) electrons. The van der Waals surface area contributed by atoms with Gasteiger partial charge in [0.25, 0.3) is 0 Å². The van der Waals surface area contributed by atoms with Gasteiger partial charge in [0.2, 0.25) is 0 Å². The summed E-state index contributed by atoms with van der Waals surface area (Å²) in [5.41, 5.74) is 0. The van der Waals surface area contributed by atoms with Gasteiger partial charge in [0.15, 0.2) is 0 Å². The van der Waals surface area contributed by atoms with E-state index in [-0.39, 0.29) is 5.76 Å². The summed E-state index contributed by atoms with van der Waals surface area (Å²) in [6.45, 7) is 8.22. The number of rotatable bonds is 3. The summed E-state index contributed by atoms with van der Waals surface area (Å²) >= 11 is 0. The van der Waals surface area contributed by atoms with Crippen LogP contribution in [0.1, 0.15) is 34.1 Å². The van der Waals surface area contributed by atoms with Gasteiger partial charge in [-0.05, 0) is 25.0 Å². The number of carbonyl (C=O) groups excluding carboxylic acids is 1. The lowest BCUT2D eigenvalue weighted by Gasteiger charge is -1.83. The van der Waals surface area contributed by atoms with Crippen molar-refractivity contribution in [2.45, 2.75) is 34.1 Å². The van der Waals surface area contributed by atoms with Gasteiger partial charge >= 0.3 is 0 Å². The van der Waals surface area contributed by atoms with E-state index in [1.165, 1.54) is 6.08 Å². The number of aldehydes is 1. The molecule has 0 spiro atoms. The Balaban J connectivity index is 0. The quantitative estimate of drug-likeness (QED) is 0.415. The highest BCUT2D eigenvalue weighted by Gasteiger charge is 1.77. The predicted molar refractivity (Wildman–Crippen MR) is 56.7 cm³/mol. The minimum Gasteiger partial charge on any atom is -0.508 e. The molecule has 0 heterocycles. The van der Waals surface area contributed by atoms with E-state index in [1.54, 1.807) is 19.1 Å². The molecule has 0 aromatic rings. The van der Waals surface area contributed by atoms with Gasteiger partial charge in [-0.2, -0.15) is 0 Å². The second-order valence-electron chi connectivity index (χ2n) is 3.25. The second-order valence-corrected chi connectivity index (χ2v) is 3.25. The fraction of sp³-hybridized carbons (Fsp3) is 0.545. The summed E-state index contributed by atoms with van der Waals surface area (Å²) in [6, 6.07) is 0. The van der Waals surface area contributed by atoms with E-state index in [9.17, 15) is 4.79 Å². The van der Waals surface area contributed by atoms with Crippen molar-refractivity contribution in [3.05, 3.63) is 24.0 Å². The molecule has 0 fully saturated rings. The monoisotopic (exact) mass is 184 g/mol. The number of aliphatic hydroxyl groups excluding tert-OH is 1. The Hall–Kier alpha value is -1.05. The Kier molecular flexibility index (Phi) is 12.2. The first kappa shape index (κ1) is 14.5. The molecule has 0 unspecified atom stereocenters. The molecule has 0 aromatic carbocycles. The first-order chi connectivity index (χ1) is 6.04. The largest absolute Gasteiger partial charge is 0.508 e. The molecular formula is C11H20O2. The van der Waals surface area contributed by atoms with Crippen LogP contribution in [0.3, 0.4) is 0 Å². The van der Waals surface area contributed by atoms with Crippen LogP contribution in [0, 0.1) is 5.92 Å². The molecule has 0 aliphatic heterocycles. The summed E-state index contributed by atoms with van der Waals surface area (Å²) in [5.74, 6) is 1.02. The fourth-order valence-electron chi connectivity index (χ4n) is 0.341. The Bertz CT molecular complexity index is 164. The van der Waals surface area contributed by atoms with Crippen molar-refractivity contribution in [3.63, 3.8) is 0 Å². The molecule has 13 heavy (non-hydrogen) atoms. The molecule has 0 aliphatic carbocycles. The van der Waals surface area contributed by atoms with Gasteiger partial charge in [-0.3, -0.25) is 0 Å². The lowest BCUT2D eigenvalue weighted by Crippen LogP contribution is -1.71. The molecule has 76 valence electrons. The van der Waals surface area contributed by atoms with Gasteiger partial charge in [0.05, 0.1) is 0 Å². The molecular weight excluding hydrogens is 164 g/mol. The van der Waals surface area contributed by atoms with Gasteiger partial charge < -0.3 is 9.90 Å². The van der Waals surface area contributed by atoms with E-state index < -0.39 is 0 Å². The number of hydrogen-bond donors (Lipinski definition) is 1. The van der Waals surface area contributed by atoms with Gasteiger partial charge in [0, 0.05) is 6.42 Å². The zero-order chi connectivity index (χ0) is 10.7. The molecule has 0 atom stereocenters. The Morgan fingerprint density at radius 1 is 1.38 bits per heavy atom. The number of allylic oxidation sites excluding steroid dienone is 3. The molecule has 2 heteroatoms. The Morgan fingerprint density at radius 2 is 1.85 bits per heavy atom. The van der Waals surface area contributed by atoms with Crippen LogP contribution in [0.2, 0.25) is 0 Å². The summed E-state index contributed by atoms with van der Waals surface area (Å²) in [5, 5.41) is 8.74. The highest BCUT2D eigenvalue weighted by Crippen LogP contribution is 1.89. The van der Waals surface area contributed by atoms with E-state index >= 15 is 0 Å². The van der Waals surface area contributed by atoms with Crippen molar-refractivity contribution >= 4 is 6.29 Å². The van der Waals surface area contributed by atoms with E-state index in [0.717, 1.165) is 12.2 Å². The van der Waals surface area contributed by atoms with E-state index in [4.69, 9.17) is 5.11 Å². The topological polar surface area (TPSA) is 37.3 Å². The first-order valence-electron chi connectivity index (χ1n) is 4.50. The smallest absolute Gasteiger partial charge is 0.123 e. The second kappa shape index (κ2) is 11.0. The van der Waals surface area contributed by atoms with Crippen molar-refractivity contribution in [2.24, 2.45) is 5.92 Å². The third-order valence-electron chi connectivity index (χ3n) is 0.817. The van der Waals surface area contributed by atoms with Crippen LogP contribution in [0.25, 0.3) is 0 Å². The Morgan fingerprint density at radius 3 is 2.15 bits per heavy atom. The van der Waals surface area contributed by atoms with Crippen LogP contribution in [0.4, 0.5) is 0 Å². The summed E-state index contributed by atoms with van der Waals surface area (Å²) in [6.07, 6.45) is 5.79. The zero-order valence-electron chi connectivity index (χ0n) is 8.95. The van der Waals surface area contributed by atoms with Crippen LogP contribution in [-0.2, 0) is 4.79 Å². The SMILES string of the molecule is C/C=C(O)\C=C/CC=O.CC(C)C. The molecule has 0 aliphatic rings. The van der Waals surface area contributed by atoms with Gasteiger partial charge in [-0.15, -0.1) is 0 Å². The number of hydrogen-bond acceptors (Lipinski definition) is 2. The molecule has 2 nitrogen and oxygen atoms in total. The molecule has 0 saturated carbocycles. The Labute approximate surface area is 81.0 Å². The lowest BCUT2D eigenvalue weighted by molar-refractivity contribution is -0.107. The summed E-state index contributed by atoms with van der Waals surface area (Å²) < 4.78 is 0. The summed E-state index contributed by atoms with van der Waals surface area (Å²) in [7, 11) is 0. The summed E-state index contributed by atoms with van der Waals surface area (Å²) in [4.78, 5) is 9.72. The normalized spacial score (nSPS) is 11.3. The number of carbonyl (C=O) groups is 1. The van der Waals surface area contributed by atoms with Gasteiger partial charge in [-0.25, -0.2) is 0 Å². The van der Waals surface area contributed by atoms with Gasteiger partial charge in [-0.1, -0.05) is 26.8 Å². The van der Waals surface area contributed by atoms with E-state index in [0.29, 0.717) is 6.42 Å². The van der Waals surface area contributed by atoms with Crippen LogP contribution >= 0.6 is 0 Å². The number of aliphatic hydroxyl groups is 1. The molecule has 0 amide bonds. The van der Waals surface area contributed by atoms with Crippen LogP contribution < -0.4 is 0 Å². The van der Waals surface area contributed by atoms with Crippen molar-refractivity contribution in [2.75, 3.05) is 0 Å². The fourth-order valence-corrected chi connectivity index (χ4v) is 0.341. The van der Waals surface area contributed by atoms with Crippen LogP contribution in [0.15, 0.2) is 24.0 Å². The van der Waals surface area contributed by atoms with Crippen LogP contribution in [0.5, 0.6) is 0 Å². The van der Waals surface area contributed by atoms with Crippen LogP contribution in [-0.4, -0.2) is 11.4 Å². The third kappa shape index (κ3) is 24.8. The van der Waals surface area contributed by atoms with Crippen molar-refractivity contribution < 1.29 is 9.90 Å². The molecule has 0 rings (SSSR count). The molecule has 0 aromatic heterocycles. The molecule has 0 bridgehead atoms. The maximum Gasteiger partial charge on any atom is 0.123 e. The van der Waals surface area contributed by atoms with Gasteiger partial charge in [0.1, 0.15) is 12.0 Å². The standard InChI is InChI=1S/C7H10O2.C4H10/c1-2-7(9)5-3-4-6-8;1-4(2)3/h2-3,5-6,9H,4H2,1H3;4H,1-3H3/b5-3-,7-2+;. The van der Waals surface area contributed by atoms with Crippen molar-refractivity contribution in [1.29, 1.82) is 0 Å². The van der Waals surface area contributed by atoms with Crippen molar-refractivity contribution in [1.82, 2.24) is 0 Å². The first-order valence-corrected chi connectivity index (χ1v) is 4.50. The zero-order valence-corrected chi connectivity index (χ0v) is 8.95. The third-order valence-corrected chi connectivity index (χ3v) is 0.817. The van der Waals surface area contributed by atoms with E-state index in [2.05, 4.69) is 20.8 Å². The minimum absolute atomic E-state index is 0.192. The molecule has 0 saturated heterocycles. The lowest BCUT2D eigenvalue weighted by atomic mass is 10.3. The molecule has 1 N–H and O–H groups in total. The predicted octanol–water partition coefficient (Wildman–Crippen LogP) is 3.26.